The van der Waals surface area contributed by atoms with Crippen LogP contribution in [0.2, 0.25) is 0 Å². The third-order valence-electron chi connectivity index (χ3n) is 2.90. The predicted molar refractivity (Wildman–Crippen MR) is 76.6 cm³/mol. The van der Waals surface area contributed by atoms with E-state index in [1.165, 1.54) is 12.1 Å². The zero-order chi connectivity index (χ0) is 15.6. The summed E-state index contributed by atoms with van der Waals surface area (Å²) in [6, 6.07) is 4.37. The summed E-state index contributed by atoms with van der Waals surface area (Å²) in [5, 5.41) is 0. The Morgan fingerprint density at radius 2 is 2.10 bits per heavy atom. The highest BCUT2D eigenvalue weighted by atomic mass is 19.1. The monoisotopic (exact) mass is 291 g/mol. The molecule has 112 valence electrons. The lowest BCUT2D eigenvalue weighted by molar-refractivity contribution is -0.0222. The topological polar surface area (TPSA) is 38.8 Å². The second kappa shape index (κ2) is 5.65. The molecule has 1 aliphatic heterocycles. The second-order valence-electron chi connectivity index (χ2n) is 5.91. The zero-order valence-electron chi connectivity index (χ0n) is 12.4. The minimum Gasteiger partial charge on any atom is -0.487 e. The molecule has 5 heteroatoms. The Morgan fingerprint density at radius 1 is 1.43 bits per heavy atom. The summed E-state index contributed by atoms with van der Waals surface area (Å²) in [4.78, 5) is 13.3. The lowest BCUT2D eigenvalue weighted by atomic mass is 10.1. The molecule has 0 N–H and O–H groups in total. The Bertz CT molecular complexity index is 580. The first-order chi connectivity index (χ1) is 9.78. The molecule has 0 aliphatic carbocycles. The van der Waals surface area contributed by atoms with E-state index in [-0.39, 0.29) is 17.8 Å². The average molecular weight is 291 g/mol. The molecule has 0 radical (unpaired) electrons. The SMILES string of the molecule is C#Cc1ccc(OC2CN(C(=O)OC(C)(C)C)C2)cc1F. The van der Waals surface area contributed by atoms with Gasteiger partial charge in [-0.3, -0.25) is 0 Å². The first-order valence-electron chi connectivity index (χ1n) is 6.69. The molecule has 0 atom stereocenters. The number of hydrogen-bond acceptors (Lipinski definition) is 3. The van der Waals surface area contributed by atoms with Crippen molar-refractivity contribution in [2.75, 3.05) is 13.1 Å². The van der Waals surface area contributed by atoms with Crippen molar-refractivity contribution in [2.24, 2.45) is 0 Å². The van der Waals surface area contributed by atoms with E-state index >= 15 is 0 Å². The largest absolute Gasteiger partial charge is 0.487 e. The van der Waals surface area contributed by atoms with Gasteiger partial charge in [-0.05, 0) is 32.9 Å². The molecule has 0 spiro atoms. The van der Waals surface area contributed by atoms with E-state index in [1.807, 2.05) is 20.8 Å². The number of carbonyl (C=O) groups excluding carboxylic acids is 1. The lowest BCUT2D eigenvalue weighted by Gasteiger charge is -2.39. The summed E-state index contributed by atoms with van der Waals surface area (Å²) < 4.78 is 24.3. The van der Waals surface area contributed by atoms with Crippen molar-refractivity contribution in [1.82, 2.24) is 4.90 Å². The maximum Gasteiger partial charge on any atom is 0.410 e. The van der Waals surface area contributed by atoms with Crippen LogP contribution in [0.1, 0.15) is 26.3 Å². The highest BCUT2D eigenvalue weighted by Gasteiger charge is 2.35. The summed E-state index contributed by atoms with van der Waals surface area (Å²) in [7, 11) is 0. The summed E-state index contributed by atoms with van der Waals surface area (Å²) >= 11 is 0. The summed E-state index contributed by atoms with van der Waals surface area (Å²) in [6.07, 6.45) is 4.63. The molecule has 1 aromatic carbocycles. The molecule has 0 unspecified atom stereocenters. The van der Waals surface area contributed by atoms with Gasteiger partial charge in [0.1, 0.15) is 23.3 Å². The van der Waals surface area contributed by atoms with Crippen LogP contribution in [-0.2, 0) is 4.74 Å². The summed E-state index contributed by atoms with van der Waals surface area (Å²) in [6.45, 7) is 6.29. The van der Waals surface area contributed by atoms with E-state index in [4.69, 9.17) is 15.9 Å². The third kappa shape index (κ3) is 3.88. The smallest absolute Gasteiger partial charge is 0.410 e. The number of carbonyl (C=O) groups is 1. The number of hydrogen-bond donors (Lipinski definition) is 0. The average Bonchev–Trinajstić information content (AvgIpc) is 2.31. The lowest BCUT2D eigenvalue weighted by Crippen LogP contribution is -2.57. The second-order valence-corrected chi connectivity index (χ2v) is 5.91. The van der Waals surface area contributed by atoms with Crippen molar-refractivity contribution >= 4 is 6.09 Å². The Kier molecular flexibility index (Phi) is 4.08. The number of terminal acetylenes is 1. The standard InChI is InChI=1S/C16H18FNO3/c1-5-11-6-7-12(8-14(11)17)20-13-9-18(10-13)15(19)21-16(2,3)4/h1,6-8,13H,9-10H2,2-4H3. The number of likely N-dealkylation sites (tertiary alicyclic amines) is 1. The van der Waals surface area contributed by atoms with Gasteiger partial charge >= 0.3 is 6.09 Å². The van der Waals surface area contributed by atoms with Crippen LogP contribution in [0.25, 0.3) is 0 Å². The van der Waals surface area contributed by atoms with Crippen LogP contribution < -0.4 is 4.74 Å². The highest BCUT2D eigenvalue weighted by Crippen LogP contribution is 2.22. The van der Waals surface area contributed by atoms with Gasteiger partial charge in [0.2, 0.25) is 0 Å². The highest BCUT2D eigenvalue weighted by molar-refractivity contribution is 5.69. The number of rotatable bonds is 2. The number of nitrogens with zero attached hydrogens (tertiary/aromatic N) is 1. The van der Waals surface area contributed by atoms with Crippen LogP contribution in [0.15, 0.2) is 18.2 Å². The maximum atomic E-state index is 13.5. The molecular formula is C16H18FNO3. The van der Waals surface area contributed by atoms with Crippen LogP contribution in [-0.4, -0.2) is 35.8 Å². The van der Waals surface area contributed by atoms with Crippen molar-refractivity contribution in [1.29, 1.82) is 0 Å². The molecular weight excluding hydrogens is 273 g/mol. The van der Waals surface area contributed by atoms with E-state index in [0.29, 0.717) is 18.8 Å². The van der Waals surface area contributed by atoms with Crippen LogP contribution in [0, 0.1) is 18.2 Å². The van der Waals surface area contributed by atoms with E-state index in [2.05, 4.69) is 5.92 Å². The number of amides is 1. The van der Waals surface area contributed by atoms with E-state index < -0.39 is 11.4 Å². The van der Waals surface area contributed by atoms with Gasteiger partial charge in [0.05, 0.1) is 18.7 Å². The van der Waals surface area contributed by atoms with Crippen molar-refractivity contribution in [3.63, 3.8) is 0 Å². The Labute approximate surface area is 123 Å². The summed E-state index contributed by atoms with van der Waals surface area (Å²) in [5.74, 6) is 2.16. The number of benzene rings is 1. The van der Waals surface area contributed by atoms with Gasteiger partial charge in [-0.1, -0.05) is 5.92 Å². The van der Waals surface area contributed by atoms with Gasteiger partial charge in [0.15, 0.2) is 0 Å². The van der Waals surface area contributed by atoms with Crippen LogP contribution >= 0.6 is 0 Å². The molecule has 0 bridgehead atoms. The molecule has 21 heavy (non-hydrogen) atoms. The number of ether oxygens (including phenoxy) is 2. The van der Waals surface area contributed by atoms with Crippen molar-refractivity contribution in [3.05, 3.63) is 29.6 Å². The fourth-order valence-corrected chi connectivity index (χ4v) is 1.87. The van der Waals surface area contributed by atoms with Gasteiger partial charge in [-0.25, -0.2) is 9.18 Å². The molecule has 1 amide bonds. The molecule has 4 nitrogen and oxygen atoms in total. The number of halogens is 1. The molecule has 1 aromatic rings. The molecule has 0 saturated carbocycles. The van der Waals surface area contributed by atoms with Gasteiger partial charge in [0, 0.05) is 6.07 Å². The van der Waals surface area contributed by atoms with Crippen molar-refractivity contribution < 1.29 is 18.7 Å². The molecule has 2 rings (SSSR count). The van der Waals surface area contributed by atoms with Gasteiger partial charge in [-0.2, -0.15) is 0 Å². The minimum absolute atomic E-state index is 0.159. The first kappa shape index (κ1) is 15.2. The molecule has 1 saturated heterocycles. The predicted octanol–water partition coefficient (Wildman–Crippen LogP) is 2.81. The fourth-order valence-electron chi connectivity index (χ4n) is 1.87. The van der Waals surface area contributed by atoms with Crippen LogP contribution in [0.4, 0.5) is 9.18 Å². The fraction of sp³-hybridized carbons (Fsp3) is 0.438. The van der Waals surface area contributed by atoms with E-state index in [0.717, 1.165) is 0 Å². The minimum atomic E-state index is -0.517. The third-order valence-corrected chi connectivity index (χ3v) is 2.90. The first-order valence-corrected chi connectivity index (χ1v) is 6.69. The van der Waals surface area contributed by atoms with Crippen LogP contribution in [0.5, 0.6) is 5.75 Å². The molecule has 1 aliphatic rings. The Morgan fingerprint density at radius 3 is 2.62 bits per heavy atom. The van der Waals surface area contributed by atoms with Gasteiger partial charge in [-0.15, -0.1) is 6.42 Å². The molecule has 0 aromatic heterocycles. The Balaban J connectivity index is 1.85. The zero-order valence-corrected chi connectivity index (χ0v) is 12.4. The van der Waals surface area contributed by atoms with E-state index in [9.17, 15) is 9.18 Å². The summed E-state index contributed by atoms with van der Waals surface area (Å²) in [5.41, 5.74) is -0.316. The van der Waals surface area contributed by atoms with Crippen LogP contribution in [0.3, 0.4) is 0 Å². The van der Waals surface area contributed by atoms with Gasteiger partial charge < -0.3 is 14.4 Å². The van der Waals surface area contributed by atoms with Crippen molar-refractivity contribution in [2.45, 2.75) is 32.5 Å². The van der Waals surface area contributed by atoms with Crippen molar-refractivity contribution in [3.8, 4) is 18.1 Å². The molecule has 1 heterocycles. The molecule has 1 fully saturated rings. The quantitative estimate of drug-likeness (QED) is 0.787. The maximum absolute atomic E-state index is 13.5. The van der Waals surface area contributed by atoms with Gasteiger partial charge in [0.25, 0.3) is 0 Å². The normalized spacial score (nSPS) is 15.1. The van der Waals surface area contributed by atoms with E-state index in [1.54, 1.807) is 11.0 Å². The Hall–Kier alpha value is -2.22.